The first-order valence-corrected chi connectivity index (χ1v) is 8.22. The minimum Gasteiger partial charge on any atom is -0.378 e. The van der Waals surface area contributed by atoms with Crippen LogP contribution in [0, 0.1) is 5.82 Å². The van der Waals surface area contributed by atoms with E-state index in [1.54, 1.807) is 6.07 Å². The van der Waals surface area contributed by atoms with Crippen LogP contribution in [0.3, 0.4) is 0 Å². The number of hydrogen-bond acceptors (Lipinski definition) is 3. The van der Waals surface area contributed by atoms with E-state index in [0.29, 0.717) is 0 Å². The average Bonchev–Trinajstić information content (AvgIpc) is 2.27. The summed E-state index contributed by atoms with van der Waals surface area (Å²) in [5, 5.41) is 0. The van der Waals surface area contributed by atoms with Gasteiger partial charge in [0.1, 0.15) is 5.82 Å². The third kappa shape index (κ3) is 7.42. The van der Waals surface area contributed by atoms with Crippen LogP contribution in [0.25, 0.3) is 0 Å². The van der Waals surface area contributed by atoms with E-state index in [9.17, 15) is 4.39 Å². The molecule has 19 heavy (non-hydrogen) atoms. The molecule has 0 saturated heterocycles. The maximum Gasteiger partial charge on any atom is 0.262 e. The fourth-order valence-electron chi connectivity index (χ4n) is 1.52. The minimum absolute atomic E-state index is 0.0481. The van der Waals surface area contributed by atoms with Crippen LogP contribution in [0.2, 0.25) is 0 Å². The Morgan fingerprint density at radius 1 is 1.11 bits per heavy atom. The van der Waals surface area contributed by atoms with Gasteiger partial charge in [0.25, 0.3) is 6.48 Å². The van der Waals surface area contributed by atoms with Gasteiger partial charge in [0.05, 0.1) is 12.2 Å². The van der Waals surface area contributed by atoms with E-state index in [-0.39, 0.29) is 18.0 Å². The van der Waals surface area contributed by atoms with Crippen molar-refractivity contribution < 1.29 is 18.3 Å². The van der Waals surface area contributed by atoms with Crippen molar-refractivity contribution in [3.05, 3.63) is 35.6 Å². The second-order valence-electron chi connectivity index (χ2n) is 4.91. The summed E-state index contributed by atoms with van der Waals surface area (Å²) in [6, 6.07) is 7.36. The summed E-state index contributed by atoms with van der Waals surface area (Å²) in [4.78, 5) is 0. The molecular weight excluding hydrogens is 263 g/mol. The Kier molecular flexibility index (Phi) is 7.23. The number of benzene rings is 1. The Bertz CT molecular complexity index is 361. The van der Waals surface area contributed by atoms with Gasteiger partial charge in [-0.25, -0.2) is 4.39 Å². The second kappa shape index (κ2) is 8.42. The van der Waals surface area contributed by atoms with E-state index < -0.39 is 16.2 Å². The summed E-state index contributed by atoms with van der Waals surface area (Å²) >= 11 is 0. The Morgan fingerprint density at radius 3 is 2.26 bits per heavy atom. The number of halogens is 1. The average molecular weight is 286 g/mol. The van der Waals surface area contributed by atoms with Crippen LogP contribution >= 0.6 is 0 Å². The quantitative estimate of drug-likeness (QED) is 0.543. The molecule has 3 nitrogen and oxygen atoms in total. The van der Waals surface area contributed by atoms with Gasteiger partial charge in [-0.2, -0.15) is 0 Å². The van der Waals surface area contributed by atoms with Crippen molar-refractivity contribution in [1.29, 1.82) is 0 Å². The standard InChI is InChI=1S/C14H23FO3Si/c1-10(2)16-14(17-11(3)4)18-19-9-12-6-5-7-13(15)8-12/h5-8,10-11,14H,9,19H2,1-4H3. The van der Waals surface area contributed by atoms with Gasteiger partial charge in [0.2, 0.25) is 0 Å². The first-order valence-electron chi connectivity index (χ1n) is 6.64. The molecular formula is C14H23FO3Si. The van der Waals surface area contributed by atoms with Crippen LogP contribution < -0.4 is 0 Å². The predicted molar refractivity (Wildman–Crippen MR) is 76.0 cm³/mol. The molecule has 1 rings (SSSR count). The highest BCUT2D eigenvalue weighted by Crippen LogP contribution is 2.07. The zero-order valence-corrected chi connectivity index (χ0v) is 13.5. The number of ether oxygens (including phenoxy) is 2. The molecule has 5 heteroatoms. The predicted octanol–water partition coefficient (Wildman–Crippen LogP) is 2.56. The first kappa shape index (κ1) is 16.3. The molecule has 0 saturated carbocycles. The molecule has 0 atom stereocenters. The zero-order valence-electron chi connectivity index (χ0n) is 12.1. The lowest BCUT2D eigenvalue weighted by atomic mass is 10.2. The summed E-state index contributed by atoms with van der Waals surface area (Å²) in [7, 11) is -0.853. The van der Waals surface area contributed by atoms with Crippen LogP contribution in [0.4, 0.5) is 4.39 Å². The van der Waals surface area contributed by atoms with E-state index in [1.807, 2.05) is 33.8 Å². The van der Waals surface area contributed by atoms with Crippen molar-refractivity contribution in [3.63, 3.8) is 0 Å². The van der Waals surface area contributed by atoms with Crippen LogP contribution in [-0.2, 0) is 19.9 Å². The smallest absolute Gasteiger partial charge is 0.262 e. The van der Waals surface area contributed by atoms with E-state index in [4.69, 9.17) is 13.9 Å². The SMILES string of the molecule is CC(C)OC(O[SiH2]Cc1cccc(F)c1)OC(C)C. The highest BCUT2D eigenvalue weighted by molar-refractivity contribution is 6.26. The highest BCUT2D eigenvalue weighted by Gasteiger charge is 2.13. The van der Waals surface area contributed by atoms with Crippen molar-refractivity contribution in [2.75, 3.05) is 0 Å². The van der Waals surface area contributed by atoms with E-state index in [1.165, 1.54) is 12.1 Å². The molecule has 0 N–H and O–H groups in total. The Morgan fingerprint density at radius 2 is 1.74 bits per heavy atom. The molecule has 0 aliphatic carbocycles. The maximum atomic E-state index is 13.0. The molecule has 1 aromatic carbocycles. The molecule has 108 valence electrons. The molecule has 0 aliphatic heterocycles. The van der Waals surface area contributed by atoms with Crippen molar-refractivity contribution in [3.8, 4) is 0 Å². The van der Waals surface area contributed by atoms with Gasteiger partial charge >= 0.3 is 0 Å². The van der Waals surface area contributed by atoms with E-state index >= 15 is 0 Å². The number of rotatable bonds is 8. The topological polar surface area (TPSA) is 27.7 Å². The van der Waals surface area contributed by atoms with Crippen LogP contribution in [0.15, 0.2) is 24.3 Å². The van der Waals surface area contributed by atoms with Crippen molar-refractivity contribution in [1.82, 2.24) is 0 Å². The van der Waals surface area contributed by atoms with Gasteiger partial charge in [0.15, 0.2) is 9.76 Å². The normalized spacial score (nSPS) is 12.4. The lowest BCUT2D eigenvalue weighted by Gasteiger charge is -2.23. The Labute approximate surface area is 117 Å². The third-order valence-electron chi connectivity index (χ3n) is 2.30. The van der Waals surface area contributed by atoms with Crippen molar-refractivity contribution >= 4 is 9.76 Å². The van der Waals surface area contributed by atoms with E-state index in [2.05, 4.69) is 0 Å². The number of hydrogen-bond donors (Lipinski definition) is 0. The van der Waals surface area contributed by atoms with Gasteiger partial charge in [-0.15, -0.1) is 0 Å². The molecule has 0 heterocycles. The maximum absolute atomic E-state index is 13.0. The molecule has 0 unspecified atom stereocenters. The molecule has 1 aromatic rings. The summed E-state index contributed by atoms with van der Waals surface area (Å²) in [6.45, 7) is 7.14. The molecule has 0 radical (unpaired) electrons. The van der Waals surface area contributed by atoms with Gasteiger partial charge in [-0.05, 0) is 51.4 Å². The monoisotopic (exact) mass is 286 g/mol. The lowest BCUT2D eigenvalue weighted by molar-refractivity contribution is -0.275. The molecule has 0 bridgehead atoms. The Balaban J connectivity index is 2.38. The summed E-state index contributed by atoms with van der Waals surface area (Å²) in [6.07, 6.45) is 0.0961. The minimum atomic E-state index is -0.853. The molecule has 0 fully saturated rings. The first-order chi connectivity index (χ1) is 8.97. The molecule has 0 amide bonds. The summed E-state index contributed by atoms with van der Waals surface area (Å²) in [5.41, 5.74) is 0.958. The third-order valence-corrected chi connectivity index (χ3v) is 3.59. The van der Waals surface area contributed by atoms with Gasteiger partial charge in [0, 0.05) is 0 Å². The van der Waals surface area contributed by atoms with Crippen molar-refractivity contribution in [2.24, 2.45) is 0 Å². The van der Waals surface area contributed by atoms with Crippen LogP contribution in [0.1, 0.15) is 33.3 Å². The lowest BCUT2D eigenvalue weighted by Crippen LogP contribution is -2.29. The van der Waals surface area contributed by atoms with E-state index in [0.717, 1.165) is 11.6 Å². The molecule has 0 aliphatic rings. The fraction of sp³-hybridized carbons (Fsp3) is 0.571. The highest BCUT2D eigenvalue weighted by atomic mass is 28.2. The summed E-state index contributed by atoms with van der Waals surface area (Å²) < 4.78 is 29.8. The van der Waals surface area contributed by atoms with Gasteiger partial charge in [-0.3, -0.25) is 0 Å². The molecule has 0 aromatic heterocycles. The second-order valence-corrected chi connectivity index (χ2v) is 6.15. The summed E-state index contributed by atoms with van der Waals surface area (Å²) in [5.74, 6) is -0.208. The fourth-order valence-corrected chi connectivity index (χ4v) is 2.53. The Hall–Kier alpha value is -0.753. The van der Waals surface area contributed by atoms with Crippen molar-refractivity contribution in [2.45, 2.75) is 52.4 Å². The van der Waals surface area contributed by atoms with Crippen LogP contribution in [0.5, 0.6) is 0 Å². The molecule has 0 spiro atoms. The van der Waals surface area contributed by atoms with Gasteiger partial charge < -0.3 is 13.9 Å². The van der Waals surface area contributed by atoms with Crippen LogP contribution in [-0.4, -0.2) is 28.4 Å². The zero-order chi connectivity index (χ0) is 14.3. The largest absolute Gasteiger partial charge is 0.378 e. The van der Waals surface area contributed by atoms with Gasteiger partial charge in [-0.1, -0.05) is 12.1 Å².